The predicted octanol–water partition coefficient (Wildman–Crippen LogP) is 3.95. The third-order valence-electron chi connectivity index (χ3n) is 3.62. The number of ketones is 1. The fourth-order valence-electron chi connectivity index (χ4n) is 2.71. The summed E-state index contributed by atoms with van der Waals surface area (Å²) in [4.78, 5) is 12.2. The summed E-state index contributed by atoms with van der Waals surface area (Å²) in [6, 6.07) is 0. The first-order valence-electron chi connectivity index (χ1n) is 6.27. The lowest BCUT2D eigenvalue weighted by Gasteiger charge is -2.13. The maximum Gasteiger partial charge on any atom is 0.184 e. The van der Waals surface area contributed by atoms with E-state index >= 15 is 0 Å². The largest absolute Gasteiger partial charge is 0.289 e. The van der Waals surface area contributed by atoms with Crippen LogP contribution in [-0.4, -0.2) is 5.78 Å². The molecule has 0 unspecified atom stereocenters. The second-order valence-corrected chi connectivity index (χ2v) is 4.59. The first-order chi connectivity index (χ1) is 7.33. The molecule has 1 heteroatoms. The van der Waals surface area contributed by atoms with Crippen molar-refractivity contribution in [3.63, 3.8) is 0 Å². The number of hydrogen-bond acceptors (Lipinski definition) is 1. The molecule has 82 valence electrons. The molecular formula is C14H20O. The Morgan fingerprint density at radius 2 is 2.07 bits per heavy atom. The van der Waals surface area contributed by atoms with Crippen LogP contribution in [0.1, 0.15) is 58.3 Å². The highest BCUT2D eigenvalue weighted by Gasteiger charge is 2.22. The van der Waals surface area contributed by atoms with Crippen LogP contribution >= 0.6 is 0 Å². The van der Waals surface area contributed by atoms with Crippen LogP contribution in [0.15, 0.2) is 22.8 Å². The Bertz CT molecular complexity index is 320. The number of rotatable bonds is 3. The van der Waals surface area contributed by atoms with E-state index in [0.29, 0.717) is 5.78 Å². The van der Waals surface area contributed by atoms with Crippen molar-refractivity contribution in [3.05, 3.63) is 22.8 Å². The minimum atomic E-state index is 0.379. The van der Waals surface area contributed by atoms with Crippen molar-refractivity contribution in [3.8, 4) is 0 Å². The van der Waals surface area contributed by atoms with E-state index in [2.05, 4.69) is 13.0 Å². The Kier molecular flexibility index (Phi) is 3.40. The summed E-state index contributed by atoms with van der Waals surface area (Å²) in [7, 11) is 0. The molecule has 2 rings (SSSR count). The standard InChI is InChI=1S/C14H20O/c1-2-11-9-6-10-13(11)14(15)12-7-4-3-5-8-12/h7H,2-6,8-10H2,1H3. The van der Waals surface area contributed by atoms with Gasteiger partial charge in [-0.2, -0.15) is 0 Å². The monoisotopic (exact) mass is 204 g/mol. The molecule has 2 aliphatic rings. The fourth-order valence-corrected chi connectivity index (χ4v) is 2.71. The van der Waals surface area contributed by atoms with Gasteiger partial charge in [-0.15, -0.1) is 0 Å². The Labute approximate surface area is 92.3 Å². The van der Waals surface area contributed by atoms with Gasteiger partial charge in [-0.25, -0.2) is 0 Å². The first-order valence-corrected chi connectivity index (χ1v) is 6.27. The van der Waals surface area contributed by atoms with Gasteiger partial charge in [-0.05, 0) is 62.5 Å². The van der Waals surface area contributed by atoms with Crippen LogP contribution in [0.3, 0.4) is 0 Å². The minimum absolute atomic E-state index is 0.379. The number of carbonyl (C=O) groups is 1. The third kappa shape index (κ3) is 2.22. The van der Waals surface area contributed by atoms with Crippen LogP contribution in [-0.2, 0) is 4.79 Å². The van der Waals surface area contributed by atoms with Crippen LogP contribution in [0.4, 0.5) is 0 Å². The van der Waals surface area contributed by atoms with Gasteiger partial charge in [-0.3, -0.25) is 4.79 Å². The van der Waals surface area contributed by atoms with Crippen molar-refractivity contribution in [2.45, 2.75) is 58.3 Å². The highest BCUT2D eigenvalue weighted by Crippen LogP contribution is 2.32. The molecule has 0 spiro atoms. The minimum Gasteiger partial charge on any atom is -0.289 e. The molecule has 0 aromatic carbocycles. The molecule has 0 aromatic heterocycles. The number of Topliss-reactive ketones (excluding diaryl/α,β-unsaturated/α-hetero) is 1. The van der Waals surface area contributed by atoms with Gasteiger partial charge in [0.1, 0.15) is 0 Å². The highest BCUT2D eigenvalue weighted by molar-refractivity contribution is 6.09. The lowest BCUT2D eigenvalue weighted by molar-refractivity contribution is -0.112. The van der Waals surface area contributed by atoms with Crippen LogP contribution in [0.5, 0.6) is 0 Å². The van der Waals surface area contributed by atoms with E-state index in [0.717, 1.165) is 43.3 Å². The molecule has 0 saturated heterocycles. The van der Waals surface area contributed by atoms with Crippen molar-refractivity contribution in [2.75, 3.05) is 0 Å². The molecular weight excluding hydrogens is 184 g/mol. The van der Waals surface area contributed by atoms with Crippen LogP contribution in [0.25, 0.3) is 0 Å². The summed E-state index contributed by atoms with van der Waals surface area (Å²) >= 11 is 0. The normalized spacial score (nSPS) is 21.8. The maximum absolute atomic E-state index is 12.2. The van der Waals surface area contributed by atoms with E-state index in [9.17, 15) is 4.79 Å². The smallest absolute Gasteiger partial charge is 0.184 e. The third-order valence-corrected chi connectivity index (χ3v) is 3.62. The number of allylic oxidation sites excluding steroid dienone is 4. The predicted molar refractivity (Wildman–Crippen MR) is 62.7 cm³/mol. The van der Waals surface area contributed by atoms with Gasteiger partial charge >= 0.3 is 0 Å². The summed E-state index contributed by atoms with van der Waals surface area (Å²) in [6.45, 7) is 2.17. The summed E-state index contributed by atoms with van der Waals surface area (Å²) in [5.41, 5.74) is 3.68. The zero-order chi connectivity index (χ0) is 10.7. The van der Waals surface area contributed by atoms with Crippen LogP contribution in [0.2, 0.25) is 0 Å². The zero-order valence-corrected chi connectivity index (χ0v) is 9.64. The van der Waals surface area contributed by atoms with Crippen molar-refractivity contribution in [1.82, 2.24) is 0 Å². The maximum atomic E-state index is 12.2. The van der Waals surface area contributed by atoms with Gasteiger partial charge in [0, 0.05) is 0 Å². The fraction of sp³-hybridized carbons (Fsp3) is 0.643. The lowest BCUT2D eigenvalue weighted by Crippen LogP contribution is -2.08. The Balaban J connectivity index is 2.16. The average Bonchev–Trinajstić information content (AvgIpc) is 2.77. The van der Waals surface area contributed by atoms with Crippen molar-refractivity contribution < 1.29 is 4.79 Å². The van der Waals surface area contributed by atoms with E-state index in [-0.39, 0.29) is 0 Å². The average molecular weight is 204 g/mol. The van der Waals surface area contributed by atoms with E-state index in [1.807, 2.05) is 0 Å². The van der Waals surface area contributed by atoms with Gasteiger partial charge in [0.15, 0.2) is 5.78 Å². The molecule has 0 amide bonds. The van der Waals surface area contributed by atoms with Gasteiger partial charge in [0.2, 0.25) is 0 Å². The summed E-state index contributed by atoms with van der Waals surface area (Å²) in [5.74, 6) is 0.379. The molecule has 15 heavy (non-hydrogen) atoms. The van der Waals surface area contributed by atoms with E-state index in [1.54, 1.807) is 0 Å². The van der Waals surface area contributed by atoms with E-state index in [4.69, 9.17) is 0 Å². The molecule has 0 radical (unpaired) electrons. The molecule has 2 aliphatic carbocycles. The first kappa shape index (κ1) is 10.7. The number of carbonyl (C=O) groups excluding carboxylic acids is 1. The zero-order valence-electron chi connectivity index (χ0n) is 9.64. The molecule has 0 N–H and O–H groups in total. The van der Waals surface area contributed by atoms with Crippen molar-refractivity contribution in [2.24, 2.45) is 0 Å². The van der Waals surface area contributed by atoms with E-state index < -0.39 is 0 Å². The van der Waals surface area contributed by atoms with Gasteiger partial charge < -0.3 is 0 Å². The summed E-state index contributed by atoms with van der Waals surface area (Å²) in [6.07, 6.45) is 11.2. The second-order valence-electron chi connectivity index (χ2n) is 4.59. The quantitative estimate of drug-likeness (QED) is 0.680. The van der Waals surface area contributed by atoms with Gasteiger partial charge in [0.25, 0.3) is 0 Å². The molecule has 1 nitrogen and oxygen atoms in total. The van der Waals surface area contributed by atoms with E-state index in [1.165, 1.54) is 24.8 Å². The van der Waals surface area contributed by atoms with Gasteiger partial charge in [-0.1, -0.05) is 18.6 Å². The molecule has 0 atom stereocenters. The Hall–Kier alpha value is -0.850. The molecule has 0 fully saturated rings. The van der Waals surface area contributed by atoms with Gasteiger partial charge in [0.05, 0.1) is 0 Å². The van der Waals surface area contributed by atoms with Crippen LogP contribution in [0, 0.1) is 0 Å². The number of hydrogen-bond donors (Lipinski definition) is 0. The lowest BCUT2D eigenvalue weighted by atomic mass is 9.91. The molecule has 0 bridgehead atoms. The Morgan fingerprint density at radius 3 is 2.73 bits per heavy atom. The summed E-state index contributed by atoms with van der Waals surface area (Å²) < 4.78 is 0. The highest BCUT2D eigenvalue weighted by atomic mass is 16.1. The second kappa shape index (κ2) is 4.78. The molecule has 0 aliphatic heterocycles. The Morgan fingerprint density at radius 1 is 1.20 bits per heavy atom. The SMILES string of the molecule is CCC1=C(C(=O)C2=CCCCC2)CCC1. The van der Waals surface area contributed by atoms with Crippen molar-refractivity contribution in [1.29, 1.82) is 0 Å². The summed E-state index contributed by atoms with van der Waals surface area (Å²) in [5, 5.41) is 0. The molecule has 0 saturated carbocycles. The molecule has 0 heterocycles. The molecule has 0 aromatic rings. The van der Waals surface area contributed by atoms with Crippen molar-refractivity contribution >= 4 is 5.78 Å². The topological polar surface area (TPSA) is 17.1 Å². The van der Waals surface area contributed by atoms with Crippen LogP contribution < -0.4 is 0 Å².